The summed E-state index contributed by atoms with van der Waals surface area (Å²) >= 11 is 6.12. The predicted octanol–water partition coefficient (Wildman–Crippen LogP) is 3.51. The second-order valence-electron chi connectivity index (χ2n) is 7.99. The number of nitrogens with zero attached hydrogens (tertiary/aromatic N) is 6. The summed E-state index contributed by atoms with van der Waals surface area (Å²) in [4.78, 5) is 25.2. The van der Waals surface area contributed by atoms with Gasteiger partial charge in [-0.3, -0.25) is 9.79 Å². The monoisotopic (exact) mass is 495 g/mol. The second-order valence-corrected chi connectivity index (χ2v) is 8.42. The molecule has 8 nitrogen and oxygen atoms in total. The lowest BCUT2D eigenvalue weighted by Crippen LogP contribution is -2.37. The van der Waals surface area contributed by atoms with E-state index >= 15 is 0 Å². The molecule has 1 unspecified atom stereocenters. The van der Waals surface area contributed by atoms with Crippen LogP contribution >= 0.6 is 11.6 Å². The first-order chi connectivity index (χ1) is 16.7. The number of fused-ring (bicyclic) bond motifs is 1. The molecule has 1 amide bonds. The Hall–Kier alpha value is -3.97. The molecule has 0 spiro atoms. The van der Waals surface area contributed by atoms with E-state index in [0.29, 0.717) is 27.2 Å². The molecule has 1 aliphatic carbocycles. The number of aryl methyl sites for hydroxylation is 1. The molecule has 0 saturated heterocycles. The summed E-state index contributed by atoms with van der Waals surface area (Å²) < 4.78 is 28.3. The highest BCUT2D eigenvalue weighted by Gasteiger charge is 2.27. The van der Waals surface area contributed by atoms with Gasteiger partial charge in [0.1, 0.15) is 23.9 Å². The smallest absolute Gasteiger partial charge is 0.283 e. The van der Waals surface area contributed by atoms with Crippen LogP contribution in [-0.4, -0.2) is 32.8 Å². The first-order valence-corrected chi connectivity index (χ1v) is 11.0. The summed E-state index contributed by atoms with van der Waals surface area (Å²) in [6.45, 7) is 6.97. The van der Waals surface area contributed by atoms with Crippen molar-refractivity contribution in [2.45, 2.75) is 26.7 Å². The number of amides is 1. The van der Waals surface area contributed by atoms with Crippen molar-refractivity contribution in [1.29, 1.82) is 5.26 Å². The molecule has 1 saturated carbocycles. The van der Waals surface area contributed by atoms with E-state index in [1.807, 2.05) is 6.92 Å². The van der Waals surface area contributed by atoms with Crippen LogP contribution in [0.2, 0.25) is 5.02 Å². The lowest BCUT2D eigenvalue weighted by Gasteiger charge is -2.07. The van der Waals surface area contributed by atoms with E-state index in [9.17, 15) is 18.8 Å². The molecule has 11 heteroatoms. The van der Waals surface area contributed by atoms with Crippen molar-refractivity contribution in [3.8, 4) is 6.07 Å². The van der Waals surface area contributed by atoms with E-state index < -0.39 is 18.0 Å². The normalized spacial score (nSPS) is 17.3. The summed E-state index contributed by atoms with van der Waals surface area (Å²) in [6, 6.07) is 6.89. The zero-order chi connectivity index (χ0) is 25.3. The van der Waals surface area contributed by atoms with E-state index in [2.05, 4.69) is 32.0 Å². The number of benzene rings is 1. The predicted molar refractivity (Wildman–Crippen MR) is 128 cm³/mol. The Morgan fingerprint density at radius 2 is 2.23 bits per heavy atom. The third kappa shape index (κ3) is 4.95. The second kappa shape index (κ2) is 9.72. The standard InChI is InChI=1S/C24H20ClF2N7O/c1-4-29-19-9-15(25)6-5-14(19)8-16-13(3)31-24-17(10-28)21(22(26)27)33-34(24)23(16)30-11-20(35)32-18-7-12(18)2/h4-6,8-9,12,22,29H,1,7,11H2,2-3H3/b16-8+,30-23?,32-18?. The van der Waals surface area contributed by atoms with Crippen molar-refractivity contribution in [1.82, 2.24) is 14.6 Å². The number of carbonyl (C=O) groups excluding carboxylic acids is 1. The fourth-order valence-corrected chi connectivity index (χ4v) is 3.72. The molecule has 1 aromatic carbocycles. The molecule has 4 rings (SSSR count). The molecule has 178 valence electrons. The van der Waals surface area contributed by atoms with Crippen LogP contribution in [0.5, 0.6) is 0 Å². The first-order valence-electron chi connectivity index (χ1n) is 10.6. The molecule has 1 fully saturated rings. The number of aromatic nitrogens is 3. The lowest BCUT2D eigenvalue weighted by molar-refractivity contribution is -0.116. The number of nitrogens with one attached hydrogen (secondary N) is 1. The van der Waals surface area contributed by atoms with E-state index in [-0.39, 0.29) is 29.2 Å². The van der Waals surface area contributed by atoms with Crippen molar-refractivity contribution < 1.29 is 13.6 Å². The van der Waals surface area contributed by atoms with Crippen LogP contribution in [0, 0.1) is 24.2 Å². The fraction of sp³-hybridized carbons (Fsp3) is 0.250. The Morgan fingerprint density at radius 3 is 2.86 bits per heavy atom. The average molecular weight is 496 g/mol. The minimum atomic E-state index is -2.99. The van der Waals surface area contributed by atoms with Gasteiger partial charge in [-0.05, 0) is 49.2 Å². The number of carbonyl (C=O) groups is 1. The molecule has 1 atom stereocenters. The molecule has 0 radical (unpaired) electrons. The average Bonchev–Trinajstić information content (AvgIpc) is 3.36. The van der Waals surface area contributed by atoms with Gasteiger partial charge in [0.2, 0.25) is 0 Å². The number of hydrogen-bond donors (Lipinski definition) is 1. The number of nitriles is 1. The van der Waals surface area contributed by atoms with Gasteiger partial charge in [0.15, 0.2) is 11.1 Å². The van der Waals surface area contributed by atoms with Gasteiger partial charge in [0.25, 0.3) is 12.3 Å². The topological polar surface area (TPSA) is 108 Å². The SMILES string of the molecule is C=CNc1cc(Cl)ccc1/C=c1\c(C)nc2c(C#N)c(C(F)F)nn2c1=NCC(=O)N=C1CC1C. The quantitative estimate of drug-likeness (QED) is 0.563. The summed E-state index contributed by atoms with van der Waals surface area (Å²) in [5.74, 6) is -0.184. The number of rotatable bonds is 6. The van der Waals surface area contributed by atoms with Gasteiger partial charge >= 0.3 is 0 Å². The molecule has 2 aromatic heterocycles. The van der Waals surface area contributed by atoms with Crippen LogP contribution in [0.4, 0.5) is 14.5 Å². The largest absolute Gasteiger partial charge is 0.362 e. The summed E-state index contributed by atoms with van der Waals surface area (Å²) in [5, 5.41) is 17.3. The van der Waals surface area contributed by atoms with E-state index in [1.54, 1.807) is 37.3 Å². The van der Waals surface area contributed by atoms with Gasteiger partial charge < -0.3 is 5.32 Å². The molecular formula is C24H20ClF2N7O. The highest BCUT2D eigenvalue weighted by Crippen LogP contribution is 2.25. The van der Waals surface area contributed by atoms with Gasteiger partial charge in [0, 0.05) is 21.6 Å². The molecule has 0 aliphatic heterocycles. The Morgan fingerprint density at radius 1 is 1.49 bits per heavy atom. The van der Waals surface area contributed by atoms with Crippen LogP contribution < -0.4 is 16.0 Å². The number of aliphatic imine (C=N–C) groups is 1. The third-order valence-corrected chi connectivity index (χ3v) is 5.68. The maximum absolute atomic E-state index is 13.6. The van der Waals surface area contributed by atoms with Gasteiger partial charge in [0.05, 0.1) is 5.69 Å². The zero-order valence-corrected chi connectivity index (χ0v) is 19.6. The summed E-state index contributed by atoms with van der Waals surface area (Å²) in [6.07, 6.45) is 0.983. The lowest BCUT2D eigenvalue weighted by atomic mass is 10.1. The minimum absolute atomic E-state index is 0.0636. The van der Waals surface area contributed by atoms with Crippen molar-refractivity contribution in [3.05, 3.63) is 69.2 Å². The Labute approximate surface area is 204 Å². The summed E-state index contributed by atoms with van der Waals surface area (Å²) in [7, 11) is 0. The molecule has 3 aromatic rings. The van der Waals surface area contributed by atoms with Gasteiger partial charge in [-0.1, -0.05) is 31.2 Å². The maximum atomic E-state index is 13.6. The molecule has 0 bridgehead atoms. The number of halogens is 3. The van der Waals surface area contributed by atoms with Crippen molar-refractivity contribution in [2.24, 2.45) is 15.9 Å². The fourth-order valence-electron chi connectivity index (χ4n) is 3.55. The highest BCUT2D eigenvalue weighted by molar-refractivity contribution is 6.31. The van der Waals surface area contributed by atoms with Gasteiger partial charge in [-0.15, -0.1) is 0 Å². The van der Waals surface area contributed by atoms with Gasteiger partial charge in [-0.25, -0.2) is 18.8 Å². The van der Waals surface area contributed by atoms with Gasteiger partial charge in [-0.2, -0.15) is 14.9 Å². The Kier molecular flexibility index (Phi) is 6.71. The van der Waals surface area contributed by atoms with Crippen LogP contribution in [0.15, 0.2) is 41.0 Å². The van der Waals surface area contributed by atoms with Crippen LogP contribution in [-0.2, 0) is 4.79 Å². The number of alkyl halides is 2. The minimum Gasteiger partial charge on any atom is -0.362 e. The third-order valence-electron chi connectivity index (χ3n) is 5.44. The molecule has 1 aliphatic rings. The highest BCUT2D eigenvalue weighted by atomic mass is 35.5. The van der Waals surface area contributed by atoms with E-state index in [4.69, 9.17) is 11.6 Å². The van der Waals surface area contributed by atoms with E-state index in [1.165, 1.54) is 6.20 Å². The van der Waals surface area contributed by atoms with Crippen LogP contribution in [0.1, 0.15) is 42.3 Å². The zero-order valence-electron chi connectivity index (χ0n) is 18.9. The summed E-state index contributed by atoms with van der Waals surface area (Å²) in [5.41, 5.74) is 1.52. The molecule has 2 heterocycles. The van der Waals surface area contributed by atoms with Crippen molar-refractivity contribution in [2.75, 3.05) is 11.9 Å². The molecule has 1 N–H and O–H groups in total. The Bertz CT molecular complexity index is 1550. The molecular weight excluding hydrogens is 476 g/mol. The molecule has 35 heavy (non-hydrogen) atoms. The van der Waals surface area contributed by atoms with Crippen molar-refractivity contribution in [3.63, 3.8) is 0 Å². The van der Waals surface area contributed by atoms with Crippen molar-refractivity contribution >= 4 is 40.6 Å². The van der Waals surface area contributed by atoms with E-state index in [0.717, 1.165) is 16.6 Å². The maximum Gasteiger partial charge on any atom is 0.283 e. The van der Waals surface area contributed by atoms with Crippen LogP contribution in [0.3, 0.4) is 0 Å². The first kappa shape index (κ1) is 24.2. The number of anilines is 1. The number of hydrogen-bond acceptors (Lipinski definition) is 6. The Balaban J connectivity index is 2.01. The van der Waals surface area contributed by atoms with Crippen LogP contribution in [0.25, 0.3) is 11.7 Å².